The molecule has 5 heteroatoms. The van der Waals surface area contributed by atoms with Crippen LogP contribution in [0.3, 0.4) is 0 Å². The van der Waals surface area contributed by atoms with Crippen LogP contribution in [0.15, 0.2) is 10.6 Å². The quantitative estimate of drug-likeness (QED) is 0.760. The molecule has 2 rings (SSSR count). The fraction of sp³-hybridized carbons (Fsp3) is 0.600. The molecule has 1 aliphatic heterocycles. The largest absolute Gasteiger partial charge is 0.360 e. The van der Waals surface area contributed by atoms with E-state index in [0.717, 1.165) is 25.9 Å². The predicted molar refractivity (Wildman–Crippen MR) is 55.5 cm³/mol. The molecule has 2 heterocycles. The van der Waals surface area contributed by atoms with Gasteiger partial charge in [-0.25, -0.2) is 0 Å². The highest BCUT2D eigenvalue weighted by atomic mass is 16.5. The van der Waals surface area contributed by atoms with Crippen LogP contribution < -0.4 is 10.6 Å². The first-order valence-electron chi connectivity index (χ1n) is 5.20. The second-order valence-electron chi connectivity index (χ2n) is 3.86. The van der Waals surface area contributed by atoms with Crippen LogP contribution in [0, 0.1) is 12.8 Å². The summed E-state index contributed by atoms with van der Waals surface area (Å²) >= 11 is 0. The highest BCUT2D eigenvalue weighted by Crippen LogP contribution is 2.13. The molecule has 1 fully saturated rings. The van der Waals surface area contributed by atoms with Gasteiger partial charge in [-0.1, -0.05) is 5.16 Å². The standard InChI is InChI=1S/C10H15N3O2/c1-7-5-9(13-15-7)12-10(14)8-3-2-4-11-6-8/h5,8,11H,2-4,6H2,1H3,(H,12,13,14)/t8-/m1/s1. The van der Waals surface area contributed by atoms with E-state index in [1.807, 2.05) is 0 Å². The molecule has 5 nitrogen and oxygen atoms in total. The molecule has 0 spiro atoms. The van der Waals surface area contributed by atoms with E-state index in [2.05, 4.69) is 15.8 Å². The van der Waals surface area contributed by atoms with Gasteiger partial charge < -0.3 is 15.2 Å². The smallest absolute Gasteiger partial charge is 0.230 e. The first kappa shape index (κ1) is 10.2. The molecule has 2 N–H and O–H groups in total. The number of hydrogen-bond donors (Lipinski definition) is 2. The van der Waals surface area contributed by atoms with Crippen molar-refractivity contribution < 1.29 is 9.32 Å². The lowest BCUT2D eigenvalue weighted by Crippen LogP contribution is -2.37. The van der Waals surface area contributed by atoms with Gasteiger partial charge in [0.1, 0.15) is 5.76 Å². The van der Waals surface area contributed by atoms with Gasteiger partial charge in [-0.2, -0.15) is 0 Å². The maximum Gasteiger partial charge on any atom is 0.230 e. The second kappa shape index (κ2) is 4.44. The van der Waals surface area contributed by atoms with Crippen molar-refractivity contribution in [3.8, 4) is 0 Å². The molecule has 82 valence electrons. The van der Waals surface area contributed by atoms with Gasteiger partial charge in [0.25, 0.3) is 0 Å². The topological polar surface area (TPSA) is 67.2 Å². The number of carbonyl (C=O) groups is 1. The number of aryl methyl sites for hydroxylation is 1. The van der Waals surface area contributed by atoms with Gasteiger partial charge in [0.2, 0.25) is 5.91 Å². The van der Waals surface area contributed by atoms with Gasteiger partial charge in [0, 0.05) is 12.6 Å². The summed E-state index contributed by atoms with van der Waals surface area (Å²) in [6.07, 6.45) is 1.99. The van der Waals surface area contributed by atoms with Crippen LogP contribution >= 0.6 is 0 Å². The van der Waals surface area contributed by atoms with Gasteiger partial charge >= 0.3 is 0 Å². The Morgan fingerprint density at radius 1 is 1.73 bits per heavy atom. The average Bonchev–Trinajstić information content (AvgIpc) is 2.65. The highest BCUT2D eigenvalue weighted by molar-refractivity contribution is 5.91. The molecular formula is C10H15N3O2. The van der Waals surface area contributed by atoms with Crippen molar-refractivity contribution in [2.45, 2.75) is 19.8 Å². The van der Waals surface area contributed by atoms with E-state index >= 15 is 0 Å². The van der Waals surface area contributed by atoms with E-state index in [1.165, 1.54) is 0 Å². The molecule has 1 atom stereocenters. The van der Waals surface area contributed by atoms with Crippen LogP contribution in [-0.4, -0.2) is 24.2 Å². The summed E-state index contributed by atoms with van der Waals surface area (Å²) in [5, 5.41) is 9.67. The highest BCUT2D eigenvalue weighted by Gasteiger charge is 2.21. The van der Waals surface area contributed by atoms with Crippen LogP contribution in [0.2, 0.25) is 0 Å². The van der Waals surface area contributed by atoms with E-state index in [4.69, 9.17) is 4.52 Å². The molecule has 1 saturated heterocycles. The number of hydrogen-bond acceptors (Lipinski definition) is 4. The van der Waals surface area contributed by atoms with Gasteiger partial charge in [-0.05, 0) is 26.3 Å². The number of anilines is 1. The van der Waals surface area contributed by atoms with Gasteiger partial charge in [0.05, 0.1) is 5.92 Å². The third-order valence-electron chi connectivity index (χ3n) is 2.55. The summed E-state index contributed by atoms with van der Waals surface area (Å²) in [7, 11) is 0. The lowest BCUT2D eigenvalue weighted by Gasteiger charge is -2.21. The average molecular weight is 209 g/mol. The molecule has 0 saturated carbocycles. The van der Waals surface area contributed by atoms with E-state index < -0.39 is 0 Å². The summed E-state index contributed by atoms with van der Waals surface area (Å²) in [4.78, 5) is 11.7. The van der Waals surface area contributed by atoms with E-state index in [-0.39, 0.29) is 11.8 Å². The van der Waals surface area contributed by atoms with Crippen molar-refractivity contribution in [1.29, 1.82) is 0 Å². The molecule has 15 heavy (non-hydrogen) atoms. The molecule has 0 unspecified atom stereocenters. The van der Waals surface area contributed by atoms with E-state index in [0.29, 0.717) is 11.6 Å². The van der Waals surface area contributed by atoms with Gasteiger partial charge in [-0.15, -0.1) is 0 Å². The summed E-state index contributed by atoms with van der Waals surface area (Å²) in [5.41, 5.74) is 0. The number of carbonyl (C=O) groups excluding carboxylic acids is 1. The summed E-state index contributed by atoms with van der Waals surface area (Å²) in [6.45, 7) is 3.56. The van der Waals surface area contributed by atoms with Crippen LogP contribution in [0.25, 0.3) is 0 Å². The van der Waals surface area contributed by atoms with E-state index in [9.17, 15) is 4.79 Å². The first-order chi connectivity index (χ1) is 7.25. The zero-order chi connectivity index (χ0) is 10.7. The third-order valence-corrected chi connectivity index (χ3v) is 2.55. The fourth-order valence-electron chi connectivity index (χ4n) is 1.73. The lowest BCUT2D eigenvalue weighted by atomic mass is 9.99. The SMILES string of the molecule is Cc1cc(NC(=O)[C@@H]2CCCNC2)no1. The van der Waals surface area contributed by atoms with Crippen molar-refractivity contribution in [3.05, 3.63) is 11.8 Å². The summed E-state index contributed by atoms with van der Waals surface area (Å²) < 4.78 is 4.87. The number of nitrogens with one attached hydrogen (secondary N) is 2. The zero-order valence-electron chi connectivity index (χ0n) is 8.75. The predicted octanol–water partition coefficient (Wildman–Crippen LogP) is 0.921. The van der Waals surface area contributed by atoms with Crippen molar-refractivity contribution in [1.82, 2.24) is 10.5 Å². The van der Waals surface area contributed by atoms with Crippen molar-refractivity contribution in [3.63, 3.8) is 0 Å². The minimum absolute atomic E-state index is 0.0236. The fourth-order valence-corrected chi connectivity index (χ4v) is 1.73. The Kier molecular flexibility index (Phi) is 3.01. The molecule has 1 aromatic rings. The number of nitrogens with zero attached hydrogens (tertiary/aromatic N) is 1. The van der Waals surface area contributed by atoms with Crippen LogP contribution in [0.5, 0.6) is 0 Å². The maximum absolute atomic E-state index is 11.7. The van der Waals surface area contributed by atoms with Gasteiger partial charge in [-0.3, -0.25) is 4.79 Å². The Bertz CT molecular complexity index is 342. The maximum atomic E-state index is 11.7. The molecule has 1 aromatic heterocycles. The summed E-state index contributed by atoms with van der Waals surface area (Å²) in [6, 6.07) is 1.72. The Morgan fingerprint density at radius 3 is 3.20 bits per heavy atom. The molecule has 0 aromatic carbocycles. The first-order valence-corrected chi connectivity index (χ1v) is 5.20. The molecule has 1 aliphatic rings. The van der Waals surface area contributed by atoms with Crippen molar-refractivity contribution in [2.75, 3.05) is 18.4 Å². The van der Waals surface area contributed by atoms with Crippen LogP contribution in [0.1, 0.15) is 18.6 Å². The minimum atomic E-state index is 0.0236. The molecule has 0 radical (unpaired) electrons. The molecule has 1 amide bonds. The normalized spacial score (nSPS) is 21.3. The van der Waals surface area contributed by atoms with Gasteiger partial charge in [0.15, 0.2) is 5.82 Å². The number of amides is 1. The Hall–Kier alpha value is -1.36. The van der Waals surface area contributed by atoms with E-state index in [1.54, 1.807) is 13.0 Å². The summed E-state index contributed by atoms with van der Waals surface area (Å²) in [5.74, 6) is 1.28. The number of rotatable bonds is 2. The second-order valence-corrected chi connectivity index (χ2v) is 3.86. The molecular weight excluding hydrogens is 194 g/mol. The zero-order valence-corrected chi connectivity index (χ0v) is 8.75. The van der Waals surface area contributed by atoms with Crippen molar-refractivity contribution >= 4 is 11.7 Å². The third kappa shape index (κ3) is 2.56. The number of piperidine rings is 1. The molecule has 0 bridgehead atoms. The minimum Gasteiger partial charge on any atom is -0.360 e. The van der Waals surface area contributed by atoms with Crippen LogP contribution in [-0.2, 0) is 4.79 Å². The lowest BCUT2D eigenvalue weighted by molar-refractivity contribution is -0.120. The van der Waals surface area contributed by atoms with Crippen LogP contribution in [0.4, 0.5) is 5.82 Å². The molecule has 0 aliphatic carbocycles. The number of aromatic nitrogens is 1. The Labute approximate surface area is 88.2 Å². The Balaban J connectivity index is 1.91. The Morgan fingerprint density at radius 2 is 2.60 bits per heavy atom. The monoisotopic (exact) mass is 209 g/mol. The van der Waals surface area contributed by atoms with Crippen molar-refractivity contribution in [2.24, 2.45) is 5.92 Å².